The molecule has 0 bridgehead atoms. The van der Waals surface area contributed by atoms with Crippen molar-refractivity contribution in [2.75, 3.05) is 11.9 Å². The summed E-state index contributed by atoms with van der Waals surface area (Å²) in [7, 11) is 0. The standard InChI is InChI=1S/C21H17BrO/c22-14-15-23-21(16-8-2-1-3-9-16)19-12-6-4-10-17(19)18-11-5-7-13-20(18)21/h1-13H,14-15H2. The average molecular weight is 365 g/mol. The largest absolute Gasteiger partial charge is 0.360 e. The highest BCUT2D eigenvalue weighted by Gasteiger charge is 2.45. The van der Waals surface area contributed by atoms with Crippen molar-refractivity contribution in [3.05, 3.63) is 95.6 Å². The Morgan fingerprint density at radius 1 is 0.696 bits per heavy atom. The molecule has 1 nitrogen and oxygen atoms in total. The maximum atomic E-state index is 6.53. The van der Waals surface area contributed by atoms with Crippen LogP contribution < -0.4 is 0 Å². The molecule has 0 saturated carbocycles. The highest BCUT2D eigenvalue weighted by Crippen LogP contribution is 2.52. The summed E-state index contributed by atoms with van der Waals surface area (Å²) in [6, 6.07) is 27.7. The van der Waals surface area contributed by atoms with E-state index in [0.717, 1.165) is 5.33 Å². The first kappa shape index (κ1) is 14.7. The minimum atomic E-state index is -0.526. The lowest BCUT2D eigenvalue weighted by atomic mass is 9.84. The van der Waals surface area contributed by atoms with Crippen molar-refractivity contribution < 1.29 is 4.74 Å². The van der Waals surface area contributed by atoms with Gasteiger partial charge in [-0.15, -0.1) is 0 Å². The summed E-state index contributed by atoms with van der Waals surface area (Å²) in [4.78, 5) is 0. The van der Waals surface area contributed by atoms with Crippen molar-refractivity contribution in [1.82, 2.24) is 0 Å². The molecule has 1 aliphatic rings. The number of hydrogen-bond acceptors (Lipinski definition) is 1. The van der Waals surface area contributed by atoms with Crippen LogP contribution in [0.5, 0.6) is 0 Å². The first-order valence-corrected chi connectivity index (χ1v) is 8.95. The van der Waals surface area contributed by atoms with E-state index in [9.17, 15) is 0 Å². The number of fused-ring (bicyclic) bond motifs is 3. The van der Waals surface area contributed by atoms with Crippen molar-refractivity contribution in [2.45, 2.75) is 5.60 Å². The molecule has 0 atom stereocenters. The van der Waals surface area contributed by atoms with Gasteiger partial charge in [0.15, 0.2) is 0 Å². The number of alkyl halides is 1. The normalized spacial score (nSPS) is 14.3. The predicted molar refractivity (Wildman–Crippen MR) is 97.9 cm³/mol. The van der Waals surface area contributed by atoms with Gasteiger partial charge in [0, 0.05) is 16.5 Å². The van der Waals surface area contributed by atoms with Crippen LogP contribution in [0.2, 0.25) is 0 Å². The second-order valence-corrected chi connectivity index (χ2v) is 6.47. The average Bonchev–Trinajstić information content (AvgIpc) is 2.92. The van der Waals surface area contributed by atoms with Crippen molar-refractivity contribution in [3.8, 4) is 11.1 Å². The van der Waals surface area contributed by atoms with Crippen molar-refractivity contribution in [1.29, 1.82) is 0 Å². The molecule has 3 aromatic rings. The van der Waals surface area contributed by atoms with E-state index in [-0.39, 0.29) is 0 Å². The Morgan fingerprint density at radius 2 is 1.22 bits per heavy atom. The van der Waals surface area contributed by atoms with E-state index in [1.807, 2.05) is 0 Å². The second-order valence-electron chi connectivity index (χ2n) is 5.68. The van der Waals surface area contributed by atoms with Crippen LogP contribution in [-0.4, -0.2) is 11.9 Å². The van der Waals surface area contributed by atoms with Gasteiger partial charge in [-0.2, -0.15) is 0 Å². The SMILES string of the molecule is BrCCOC1(c2ccccc2)c2ccccc2-c2ccccc21. The first-order chi connectivity index (χ1) is 11.4. The number of rotatable bonds is 4. The monoisotopic (exact) mass is 364 g/mol. The highest BCUT2D eigenvalue weighted by atomic mass is 79.9. The molecule has 3 aromatic carbocycles. The fraction of sp³-hybridized carbons (Fsp3) is 0.143. The summed E-state index contributed by atoms with van der Waals surface area (Å²) >= 11 is 3.51. The topological polar surface area (TPSA) is 9.23 Å². The highest BCUT2D eigenvalue weighted by molar-refractivity contribution is 9.09. The van der Waals surface area contributed by atoms with Crippen LogP contribution in [0, 0.1) is 0 Å². The minimum absolute atomic E-state index is 0.526. The molecular weight excluding hydrogens is 348 g/mol. The molecule has 0 spiro atoms. The fourth-order valence-electron chi connectivity index (χ4n) is 3.61. The molecule has 2 heteroatoms. The third-order valence-electron chi connectivity index (χ3n) is 4.48. The Kier molecular flexibility index (Phi) is 3.80. The zero-order valence-electron chi connectivity index (χ0n) is 12.7. The molecule has 0 fully saturated rings. The van der Waals surface area contributed by atoms with Gasteiger partial charge in [-0.1, -0.05) is 94.8 Å². The van der Waals surface area contributed by atoms with Gasteiger partial charge in [-0.3, -0.25) is 0 Å². The van der Waals surface area contributed by atoms with Crippen LogP contribution >= 0.6 is 15.9 Å². The number of halogens is 1. The third kappa shape index (κ3) is 2.17. The Balaban J connectivity index is 2.05. The van der Waals surface area contributed by atoms with Crippen molar-refractivity contribution in [3.63, 3.8) is 0 Å². The number of hydrogen-bond donors (Lipinski definition) is 0. The van der Waals surface area contributed by atoms with E-state index in [1.165, 1.54) is 27.8 Å². The van der Waals surface area contributed by atoms with E-state index in [1.54, 1.807) is 0 Å². The number of benzene rings is 3. The smallest absolute Gasteiger partial charge is 0.144 e. The Hall–Kier alpha value is -1.90. The molecule has 1 aliphatic carbocycles. The zero-order valence-corrected chi connectivity index (χ0v) is 14.3. The molecule has 0 radical (unpaired) electrons. The molecule has 0 heterocycles. The summed E-state index contributed by atoms with van der Waals surface area (Å²) in [5.74, 6) is 0. The van der Waals surface area contributed by atoms with Crippen LogP contribution in [0.1, 0.15) is 16.7 Å². The lowest BCUT2D eigenvalue weighted by Crippen LogP contribution is -2.31. The summed E-state index contributed by atoms with van der Waals surface area (Å²) in [5.41, 5.74) is 5.64. The summed E-state index contributed by atoms with van der Waals surface area (Å²) in [6.45, 7) is 0.650. The molecule has 0 unspecified atom stereocenters. The van der Waals surface area contributed by atoms with Gasteiger partial charge in [-0.25, -0.2) is 0 Å². The fourth-order valence-corrected chi connectivity index (χ4v) is 3.77. The Morgan fingerprint density at radius 3 is 1.78 bits per heavy atom. The van der Waals surface area contributed by atoms with E-state index in [0.29, 0.717) is 6.61 Å². The molecule has 23 heavy (non-hydrogen) atoms. The van der Waals surface area contributed by atoms with E-state index in [4.69, 9.17) is 4.74 Å². The molecule has 0 amide bonds. The van der Waals surface area contributed by atoms with Crippen LogP contribution in [0.15, 0.2) is 78.9 Å². The van der Waals surface area contributed by atoms with Crippen molar-refractivity contribution in [2.24, 2.45) is 0 Å². The second kappa shape index (κ2) is 5.95. The van der Waals surface area contributed by atoms with E-state index >= 15 is 0 Å². The summed E-state index contributed by atoms with van der Waals surface area (Å²) in [6.07, 6.45) is 0. The molecule has 4 rings (SSSR count). The van der Waals surface area contributed by atoms with Gasteiger partial charge >= 0.3 is 0 Å². The van der Waals surface area contributed by atoms with Gasteiger partial charge in [0.25, 0.3) is 0 Å². The van der Waals surface area contributed by atoms with Gasteiger partial charge < -0.3 is 4.74 Å². The Labute approximate surface area is 145 Å². The molecular formula is C21H17BrO. The summed E-state index contributed by atoms with van der Waals surface area (Å²) < 4.78 is 6.53. The molecule has 114 valence electrons. The quantitative estimate of drug-likeness (QED) is 0.565. The maximum Gasteiger partial charge on any atom is 0.144 e. The van der Waals surface area contributed by atoms with Gasteiger partial charge in [0.1, 0.15) is 5.60 Å². The third-order valence-corrected chi connectivity index (χ3v) is 4.80. The van der Waals surface area contributed by atoms with Crippen LogP contribution in [0.4, 0.5) is 0 Å². The van der Waals surface area contributed by atoms with Crippen LogP contribution in [0.25, 0.3) is 11.1 Å². The molecule has 0 saturated heterocycles. The summed E-state index contributed by atoms with van der Waals surface area (Å²) in [5, 5.41) is 0.811. The van der Waals surface area contributed by atoms with Gasteiger partial charge in [0.05, 0.1) is 6.61 Å². The Bertz CT molecular complexity index is 781. The van der Waals surface area contributed by atoms with E-state index < -0.39 is 5.60 Å². The number of ether oxygens (including phenoxy) is 1. The zero-order chi connectivity index (χ0) is 15.7. The van der Waals surface area contributed by atoms with Crippen LogP contribution in [-0.2, 0) is 10.3 Å². The van der Waals surface area contributed by atoms with Crippen LogP contribution in [0.3, 0.4) is 0 Å². The maximum absolute atomic E-state index is 6.53. The minimum Gasteiger partial charge on any atom is -0.360 e. The molecule has 0 N–H and O–H groups in total. The van der Waals surface area contributed by atoms with E-state index in [2.05, 4.69) is 94.8 Å². The lowest BCUT2D eigenvalue weighted by molar-refractivity contribution is 0.0272. The molecule has 0 aliphatic heterocycles. The van der Waals surface area contributed by atoms with Gasteiger partial charge in [-0.05, 0) is 16.7 Å². The van der Waals surface area contributed by atoms with Gasteiger partial charge in [0.2, 0.25) is 0 Å². The lowest BCUT2D eigenvalue weighted by Gasteiger charge is -2.32. The first-order valence-electron chi connectivity index (χ1n) is 7.83. The predicted octanol–water partition coefficient (Wildman–Crippen LogP) is 5.37. The molecule has 0 aromatic heterocycles. The van der Waals surface area contributed by atoms with Crippen molar-refractivity contribution >= 4 is 15.9 Å².